The van der Waals surface area contributed by atoms with Crippen molar-refractivity contribution in [2.45, 2.75) is 18.4 Å². The SMILES string of the molecule is CN1CCN(c2ccc(C(=O)N3CCOC4(CCN(C)CC4)C3)cc2)CC1. The summed E-state index contributed by atoms with van der Waals surface area (Å²) in [4.78, 5) is 22.2. The molecule has 3 saturated heterocycles. The summed E-state index contributed by atoms with van der Waals surface area (Å²) in [6.07, 6.45) is 2.02. The zero-order chi connectivity index (χ0) is 18.9. The van der Waals surface area contributed by atoms with Gasteiger partial charge in [0.25, 0.3) is 5.91 Å². The first-order valence-corrected chi connectivity index (χ1v) is 10.2. The first-order valence-electron chi connectivity index (χ1n) is 10.2. The third-order valence-electron chi connectivity index (χ3n) is 6.42. The van der Waals surface area contributed by atoms with E-state index in [1.54, 1.807) is 0 Å². The molecular weight excluding hydrogens is 340 g/mol. The number of carbonyl (C=O) groups is 1. The normalized spacial score (nSPS) is 24.4. The maximum absolute atomic E-state index is 13.1. The van der Waals surface area contributed by atoms with Crippen LogP contribution in [-0.4, -0.2) is 99.3 Å². The van der Waals surface area contributed by atoms with Crippen molar-refractivity contribution in [1.29, 1.82) is 0 Å². The van der Waals surface area contributed by atoms with Crippen LogP contribution in [0.25, 0.3) is 0 Å². The molecule has 0 atom stereocenters. The predicted molar refractivity (Wildman–Crippen MR) is 107 cm³/mol. The summed E-state index contributed by atoms with van der Waals surface area (Å²) in [7, 11) is 4.32. The molecule has 27 heavy (non-hydrogen) atoms. The summed E-state index contributed by atoms with van der Waals surface area (Å²) >= 11 is 0. The number of amides is 1. The fourth-order valence-electron chi connectivity index (χ4n) is 4.41. The highest BCUT2D eigenvalue weighted by Crippen LogP contribution is 2.30. The van der Waals surface area contributed by atoms with Crippen LogP contribution < -0.4 is 4.90 Å². The van der Waals surface area contributed by atoms with Crippen molar-refractivity contribution in [2.24, 2.45) is 0 Å². The van der Waals surface area contributed by atoms with Gasteiger partial charge in [0, 0.05) is 57.1 Å². The number of anilines is 1. The molecular formula is C21H32N4O2. The number of benzene rings is 1. The van der Waals surface area contributed by atoms with Gasteiger partial charge in [-0.15, -0.1) is 0 Å². The number of morpholine rings is 1. The van der Waals surface area contributed by atoms with Crippen LogP contribution in [0.3, 0.4) is 0 Å². The lowest BCUT2D eigenvalue weighted by atomic mass is 9.89. The fourth-order valence-corrected chi connectivity index (χ4v) is 4.41. The highest BCUT2D eigenvalue weighted by Gasteiger charge is 2.40. The van der Waals surface area contributed by atoms with Gasteiger partial charge in [0.1, 0.15) is 0 Å². The van der Waals surface area contributed by atoms with Crippen LogP contribution >= 0.6 is 0 Å². The molecule has 0 aromatic heterocycles. The van der Waals surface area contributed by atoms with Gasteiger partial charge in [0.2, 0.25) is 0 Å². The lowest BCUT2D eigenvalue weighted by molar-refractivity contribution is -0.125. The Bertz CT molecular complexity index is 647. The van der Waals surface area contributed by atoms with E-state index in [2.05, 4.69) is 40.9 Å². The van der Waals surface area contributed by atoms with Crippen molar-refractivity contribution in [3.63, 3.8) is 0 Å². The number of piperazine rings is 1. The van der Waals surface area contributed by atoms with Gasteiger partial charge in [-0.1, -0.05) is 0 Å². The lowest BCUT2D eigenvalue weighted by Gasteiger charge is -2.46. The van der Waals surface area contributed by atoms with Gasteiger partial charge < -0.3 is 24.3 Å². The molecule has 3 aliphatic rings. The molecule has 4 rings (SSSR count). The van der Waals surface area contributed by atoms with Gasteiger partial charge in [-0.2, -0.15) is 0 Å². The Kier molecular flexibility index (Phi) is 5.39. The number of likely N-dealkylation sites (N-methyl/N-ethyl adjacent to an activating group) is 1. The van der Waals surface area contributed by atoms with E-state index in [0.717, 1.165) is 64.2 Å². The summed E-state index contributed by atoms with van der Waals surface area (Å²) in [5.41, 5.74) is 1.87. The highest BCUT2D eigenvalue weighted by atomic mass is 16.5. The van der Waals surface area contributed by atoms with Crippen LogP contribution in [0.15, 0.2) is 24.3 Å². The van der Waals surface area contributed by atoms with E-state index in [9.17, 15) is 4.79 Å². The molecule has 0 bridgehead atoms. The Morgan fingerprint density at radius 2 is 1.52 bits per heavy atom. The number of hydrogen-bond donors (Lipinski definition) is 0. The molecule has 6 heteroatoms. The van der Waals surface area contributed by atoms with E-state index in [-0.39, 0.29) is 11.5 Å². The number of nitrogens with zero attached hydrogens (tertiary/aromatic N) is 4. The molecule has 3 fully saturated rings. The second kappa shape index (κ2) is 7.78. The van der Waals surface area contributed by atoms with Crippen molar-refractivity contribution in [3.8, 4) is 0 Å². The average Bonchev–Trinajstić information content (AvgIpc) is 2.71. The molecule has 0 unspecified atom stereocenters. The third-order valence-corrected chi connectivity index (χ3v) is 6.42. The topological polar surface area (TPSA) is 39.3 Å². The Morgan fingerprint density at radius 3 is 2.19 bits per heavy atom. The molecule has 148 valence electrons. The smallest absolute Gasteiger partial charge is 0.254 e. The number of rotatable bonds is 2. The first-order chi connectivity index (χ1) is 13.0. The molecule has 0 N–H and O–H groups in total. The second-order valence-electron chi connectivity index (χ2n) is 8.40. The molecule has 1 spiro atoms. The average molecular weight is 373 g/mol. The summed E-state index contributed by atoms with van der Waals surface area (Å²) in [6.45, 7) is 8.42. The van der Waals surface area contributed by atoms with E-state index >= 15 is 0 Å². The largest absolute Gasteiger partial charge is 0.371 e. The maximum Gasteiger partial charge on any atom is 0.254 e. The van der Waals surface area contributed by atoms with Gasteiger partial charge in [0.05, 0.1) is 18.8 Å². The Morgan fingerprint density at radius 1 is 0.889 bits per heavy atom. The standard InChI is InChI=1S/C21H32N4O2/c1-22-9-7-21(8-10-22)17-25(15-16-27-21)20(26)18-3-5-19(6-4-18)24-13-11-23(2)12-14-24/h3-6H,7-17H2,1-2H3. The van der Waals surface area contributed by atoms with Gasteiger partial charge in [0.15, 0.2) is 0 Å². The number of piperidine rings is 1. The molecule has 0 saturated carbocycles. The summed E-state index contributed by atoms with van der Waals surface area (Å²) in [5.74, 6) is 0.140. The van der Waals surface area contributed by atoms with Gasteiger partial charge in [-0.25, -0.2) is 0 Å². The molecule has 3 aliphatic heterocycles. The highest BCUT2D eigenvalue weighted by molar-refractivity contribution is 5.94. The van der Waals surface area contributed by atoms with E-state index in [1.165, 1.54) is 5.69 Å². The number of carbonyl (C=O) groups excluding carboxylic acids is 1. The predicted octanol–water partition coefficient (Wildman–Crippen LogP) is 1.38. The number of likely N-dealkylation sites (tertiary alicyclic amines) is 1. The van der Waals surface area contributed by atoms with Crippen molar-refractivity contribution in [2.75, 3.05) is 78.0 Å². The molecule has 3 heterocycles. The Hall–Kier alpha value is -1.63. The monoisotopic (exact) mass is 372 g/mol. The van der Waals surface area contributed by atoms with E-state index in [4.69, 9.17) is 4.74 Å². The molecule has 1 aromatic carbocycles. The van der Waals surface area contributed by atoms with Gasteiger partial charge >= 0.3 is 0 Å². The quantitative estimate of drug-likeness (QED) is 0.784. The van der Waals surface area contributed by atoms with Crippen LogP contribution in [0.2, 0.25) is 0 Å². The molecule has 1 amide bonds. The van der Waals surface area contributed by atoms with Crippen LogP contribution in [-0.2, 0) is 4.74 Å². The van der Waals surface area contributed by atoms with Crippen molar-refractivity contribution >= 4 is 11.6 Å². The van der Waals surface area contributed by atoms with Crippen molar-refractivity contribution in [1.82, 2.24) is 14.7 Å². The van der Waals surface area contributed by atoms with Crippen molar-refractivity contribution in [3.05, 3.63) is 29.8 Å². The second-order valence-corrected chi connectivity index (χ2v) is 8.40. The molecule has 1 aromatic rings. The Balaban J connectivity index is 1.40. The van der Waals surface area contributed by atoms with E-state index < -0.39 is 0 Å². The van der Waals surface area contributed by atoms with Crippen LogP contribution in [0.5, 0.6) is 0 Å². The molecule has 0 aliphatic carbocycles. The third kappa shape index (κ3) is 4.13. The summed E-state index contributed by atoms with van der Waals surface area (Å²) in [6, 6.07) is 8.19. The van der Waals surface area contributed by atoms with Gasteiger partial charge in [-0.05, 0) is 51.2 Å². The number of hydrogen-bond acceptors (Lipinski definition) is 5. The van der Waals surface area contributed by atoms with E-state index in [1.807, 2.05) is 17.0 Å². The zero-order valence-electron chi connectivity index (χ0n) is 16.7. The van der Waals surface area contributed by atoms with Crippen LogP contribution in [0, 0.1) is 0 Å². The minimum absolute atomic E-state index is 0.139. The van der Waals surface area contributed by atoms with E-state index in [0.29, 0.717) is 13.2 Å². The summed E-state index contributed by atoms with van der Waals surface area (Å²) < 4.78 is 6.15. The lowest BCUT2D eigenvalue weighted by Crippen LogP contribution is -2.57. The minimum Gasteiger partial charge on any atom is -0.371 e. The zero-order valence-corrected chi connectivity index (χ0v) is 16.7. The Labute approximate surface area is 162 Å². The van der Waals surface area contributed by atoms with Gasteiger partial charge in [-0.3, -0.25) is 4.79 Å². The fraction of sp³-hybridized carbons (Fsp3) is 0.667. The summed E-state index contributed by atoms with van der Waals surface area (Å²) in [5, 5.41) is 0. The van der Waals surface area contributed by atoms with Crippen molar-refractivity contribution < 1.29 is 9.53 Å². The molecule has 0 radical (unpaired) electrons. The minimum atomic E-state index is -0.139. The van der Waals surface area contributed by atoms with Crippen LogP contribution in [0.4, 0.5) is 5.69 Å². The maximum atomic E-state index is 13.1. The van der Waals surface area contributed by atoms with Crippen LogP contribution in [0.1, 0.15) is 23.2 Å². The number of ether oxygens (including phenoxy) is 1. The molecule has 6 nitrogen and oxygen atoms in total. The first kappa shape index (κ1) is 18.7.